The molecule has 1 aliphatic heterocycles. The van der Waals surface area contributed by atoms with Gasteiger partial charge in [-0.1, -0.05) is 23.7 Å². The number of imide groups is 1. The van der Waals surface area contributed by atoms with Crippen molar-refractivity contribution in [2.75, 3.05) is 7.11 Å². The van der Waals surface area contributed by atoms with E-state index in [0.29, 0.717) is 15.7 Å². The maximum Gasteiger partial charge on any atom is 0.293 e. The maximum absolute atomic E-state index is 12.6. The summed E-state index contributed by atoms with van der Waals surface area (Å²) in [6.45, 7) is 0.217. The molecule has 1 aliphatic rings. The van der Waals surface area contributed by atoms with Crippen LogP contribution in [0.1, 0.15) is 11.1 Å². The molecule has 0 aromatic heterocycles. The molecule has 2 aromatic rings. The van der Waals surface area contributed by atoms with Gasteiger partial charge in [0.05, 0.1) is 27.5 Å². The van der Waals surface area contributed by atoms with E-state index in [-0.39, 0.29) is 17.7 Å². The summed E-state index contributed by atoms with van der Waals surface area (Å²) in [6, 6.07) is 10.7. The second-order valence-corrected chi connectivity index (χ2v) is 8.55. The summed E-state index contributed by atoms with van der Waals surface area (Å²) >= 11 is 13.7. The molecule has 0 bridgehead atoms. The van der Waals surface area contributed by atoms with Gasteiger partial charge in [0.25, 0.3) is 11.1 Å². The standard InChI is InChI=1S/C18H12Br2ClNO3S/c1-25-16-13(19)6-11(7-14(16)20)8-15-17(23)22(18(24)26-15)9-10-2-4-12(21)5-3-10/h2-8H,9H2,1H3/b15-8-. The van der Waals surface area contributed by atoms with Crippen LogP contribution in [0.2, 0.25) is 5.02 Å². The molecule has 26 heavy (non-hydrogen) atoms. The van der Waals surface area contributed by atoms with Crippen LogP contribution in [0, 0.1) is 0 Å². The summed E-state index contributed by atoms with van der Waals surface area (Å²) in [5.41, 5.74) is 1.62. The fourth-order valence-corrected chi connectivity index (χ4v) is 4.93. The summed E-state index contributed by atoms with van der Waals surface area (Å²) in [7, 11) is 1.58. The Labute approximate surface area is 176 Å². The number of ether oxygens (including phenoxy) is 1. The minimum atomic E-state index is -0.307. The summed E-state index contributed by atoms with van der Waals surface area (Å²) in [5, 5.41) is 0.321. The molecule has 134 valence electrons. The van der Waals surface area contributed by atoms with Crippen LogP contribution in [0.5, 0.6) is 5.75 Å². The third-order valence-corrected chi connectivity index (χ3v) is 5.99. The SMILES string of the molecule is COc1c(Br)cc(/C=C2\SC(=O)N(Cc3ccc(Cl)cc3)C2=O)cc1Br. The molecule has 0 aliphatic carbocycles. The van der Waals surface area contributed by atoms with E-state index in [4.69, 9.17) is 16.3 Å². The van der Waals surface area contributed by atoms with E-state index in [0.717, 1.165) is 31.8 Å². The average molecular weight is 518 g/mol. The van der Waals surface area contributed by atoms with E-state index in [2.05, 4.69) is 31.9 Å². The minimum Gasteiger partial charge on any atom is -0.494 e. The fourth-order valence-electron chi connectivity index (χ4n) is 2.42. The molecule has 0 atom stereocenters. The second kappa shape index (κ2) is 8.17. The van der Waals surface area contributed by atoms with E-state index >= 15 is 0 Å². The quantitative estimate of drug-likeness (QED) is 0.459. The second-order valence-electron chi connectivity index (χ2n) is 5.41. The van der Waals surface area contributed by atoms with Crippen LogP contribution in [-0.4, -0.2) is 23.2 Å². The molecule has 4 nitrogen and oxygen atoms in total. The first-order valence-corrected chi connectivity index (χ1v) is 10.2. The Morgan fingerprint density at radius 3 is 2.35 bits per heavy atom. The van der Waals surface area contributed by atoms with Crippen LogP contribution in [0.3, 0.4) is 0 Å². The molecule has 0 N–H and O–H groups in total. The summed E-state index contributed by atoms with van der Waals surface area (Å²) in [5.74, 6) is 0.357. The van der Waals surface area contributed by atoms with Crippen molar-refractivity contribution in [2.45, 2.75) is 6.54 Å². The monoisotopic (exact) mass is 515 g/mol. The average Bonchev–Trinajstić information content (AvgIpc) is 2.84. The molecule has 2 aromatic carbocycles. The topological polar surface area (TPSA) is 46.6 Å². The summed E-state index contributed by atoms with van der Waals surface area (Å²) < 4.78 is 6.77. The van der Waals surface area contributed by atoms with Crippen LogP contribution in [-0.2, 0) is 11.3 Å². The Balaban J connectivity index is 1.84. The minimum absolute atomic E-state index is 0.217. The lowest BCUT2D eigenvalue weighted by Crippen LogP contribution is -2.27. The van der Waals surface area contributed by atoms with Gasteiger partial charge in [-0.2, -0.15) is 0 Å². The van der Waals surface area contributed by atoms with Crippen molar-refractivity contribution in [3.05, 3.63) is 66.4 Å². The Hall–Kier alpha value is -1.28. The van der Waals surface area contributed by atoms with Gasteiger partial charge in [-0.3, -0.25) is 14.5 Å². The van der Waals surface area contributed by atoms with Crippen LogP contribution in [0.4, 0.5) is 4.79 Å². The Bertz CT molecular complexity index is 892. The number of methoxy groups -OCH3 is 1. The molecule has 0 radical (unpaired) electrons. The van der Waals surface area contributed by atoms with Gasteiger partial charge in [0.15, 0.2) is 0 Å². The zero-order chi connectivity index (χ0) is 18.8. The normalized spacial score (nSPS) is 15.8. The van der Waals surface area contributed by atoms with Gasteiger partial charge >= 0.3 is 0 Å². The number of thioether (sulfide) groups is 1. The van der Waals surface area contributed by atoms with Crippen LogP contribution in [0.25, 0.3) is 6.08 Å². The molecular weight excluding hydrogens is 506 g/mol. The van der Waals surface area contributed by atoms with E-state index in [1.165, 1.54) is 4.90 Å². The number of rotatable bonds is 4. The summed E-state index contributed by atoms with van der Waals surface area (Å²) in [4.78, 5) is 26.5. The molecule has 2 amide bonds. The van der Waals surface area contributed by atoms with E-state index in [9.17, 15) is 9.59 Å². The highest BCUT2D eigenvalue weighted by Crippen LogP contribution is 2.37. The third-order valence-electron chi connectivity index (χ3n) is 3.65. The Kier molecular flexibility index (Phi) is 6.12. The van der Waals surface area contributed by atoms with Gasteiger partial charge in [-0.05, 0) is 85.1 Å². The summed E-state index contributed by atoms with van der Waals surface area (Å²) in [6.07, 6.45) is 1.70. The van der Waals surface area contributed by atoms with Gasteiger partial charge in [0, 0.05) is 5.02 Å². The number of nitrogens with zero attached hydrogens (tertiary/aromatic N) is 1. The number of amides is 2. The zero-order valence-electron chi connectivity index (χ0n) is 13.5. The first-order valence-electron chi connectivity index (χ1n) is 7.42. The number of hydrogen-bond acceptors (Lipinski definition) is 4. The molecular formula is C18H12Br2ClNO3S. The first kappa shape index (κ1) is 19.5. The highest BCUT2D eigenvalue weighted by Gasteiger charge is 2.35. The number of carbonyl (C=O) groups is 2. The lowest BCUT2D eigenvalue weighted by atomic mass is 10.2. The zero-order valence-corrected chi connectivity index (χ0v) is 18.2. The fraction of sp³-hybridized carbons (Fsp3) is 0.111. The number of benzene rings is 2. The molecule has 0 saturated carbocycles. The maximum atomic E-state index is 12.6. The highest BCUT2D eigenvalue weighted by molar-refractivity contribution is 9.11. The Morgan fingerprint density at radius 1 is 1.15 bits per heavy atom. The predicted octanol–water partition coefficient (Wildman–Crippen LogP) is 6.11. The van der Waals surface area contributed by atoms with Crippen molar-refractivity contribution in [1.29, 1.82) is 0 Å². The van der Waals surface area contributed by atoms with Gasteiger partial charge in [0.2, 0.25) is 0 Å². The lowest BCUT2D eigenvalue weighted by molar-refractivity contribution is -0.123. The third kappa shape index (κ3) is 4.17. The van der Waals surface area contributed by atoms with Gasteiger partial charge in [-0.15, -0.1) is 0 Å². The van der Waals surface area contributed by atoms with Crippen molar-refractivity contribution in [1.82, 2.24) is 4.90 Å². The molecule has 1 fully saturated rings. The molecule has 0 unspecified atom stereocenters. The van der Waals surface area contributed by atoms with Gasteiger partial charge in [-0.25, -0.2) is 0 Å². The van der Waals surface area contributed by atoms with Gasteiger partial charge < -0.3 is 4.74 Å². The van der Waals surface area contributed by atoms with E-state index in [1.807, 2.05) is 12.1 Å². The predicted molar refractivity (Wildman–Crippen MR) is 111 cm³/mol. The Morgan fingerprint density at radius 2 is 1.77 bits per heavy atom. The van der Waals surface area contributed by atoms with Crippen LogP contribution in [0.15, 0.2) is 50.2 Å². The largest absolute Gasteiger partial charge is 0.494 e. The smallest absolute Gasteiger partial charge is 0.293 e. The van der Waals surface area contributed by atoms with Crippen molar-refractivity contribution in [3.63, 3.8) is 0 Å². The highest BCUT2D eigenvalue weighted by atomic mass is 79.9. The molecule has 0 spiro atoms. The lowest BCUT2D eigenvalue weighted by Gasteiger charge is -2.12. The number of halogens is 3. The first-order chi connectivity index (χ1) is 12.4. The van der Waals surface area contributed by atoms with Crippen LogP contribution >= 0.6 is 55.2 Å². The van der Waals surface area contributed by atoms with Crippen molar-refractivity contribution in [2.24, 2.45) is 0 Å². The van der Waals surface area contributed by atoms with E-state index < -0.39 is 0 Å². The number of hydrogen-bond donors (Lipinski definition) is 0. The van der Waals surface area contributed by atoms with Crippen molar-refractivity contribution < 1.29 is 14.3 Å². The number of carbonyl (C=O) groups excluding carboxylic acids is 2. The van der Waals surface area contributed by atoms with Crippen molar-refractivity contribution >= 4 is 72.4 Å². The molecule has 1 saturated heterocycles. The molecule has 1 heterocycles. The van der Waals surface area contributed by atoms with Crippen molar-refractivity contribution in [3.8, 4) is 5.75 Å². The van der Waals surface area contributed by atoms with E-state index in [1.54, 1.807) is 37.5 Å². The van der Waals surface area contributed by atoms with Crippen LogP contribution < -0.4 is 4.74 Å². The molecule has 3 rings (SSSR count). The van der Waals surface area contributed by atoms with Gasteiger partial charge in [0.1, 0.15) is 5.75 Å². The molecule has 8 heteroatoms.